The molecule has 1 fully saturated rings. The minimum Gasteiger partial charge on any atom is -0.475 e. The highest BCUT2D eigenvalue weighted by Gasteiger charge is 2.38. The van der Waals surface area contributed by atoms with Crippen LogP contribution in [0.25, 0.3) is 0 Å². The number of unbranched alkanes of at least 4 members (excludes halogenated alkanes) is 1. The Morgan fingerprint density at radius 2 is 1.81 bits per heavy atom. The van der Waals surface area contributed by atoms with Gasteiger partial charge >= 0.3 is 12.1 Å². The fourth-order valence-corrected chi connectivity index (χ4v) is 3.60. The molecule has 0 aliphatic carbocycles. The fourth-order valence-electron chi connectivity index (χ4n) is 3.60. The zero-order chi connectivity index (χ0) is 23.0. The number of hydrogen-bond acceptors (Lipinski definition) is 4. The summed E-state index contributed by atoms with van der Waals surface area (Å²) in [5.74, 6) is -2.24. The van der Waals surface area contributed by atoms with Crippen LogP contribution in [0.5, 0.6) is 0 Å². The lowest BCUT2D eigenvalue weighted by Gasteiger charge is -2.29. The molecule has 10 heteroatoms. The molecule has 7 nitrogen and oxygen atoms in total. The minimum atomic E-state index is -5.08. The average molecular weight is 443 g/mol. The summed E-state index contributed by atoms with van der Waals surface area (Å²) in [7, 11) is 0. The number of para-hydroxylation sites is 1. The minimum absolute atomic E-state index is 0.00326. The fraction of sp³-hybridized carbons (Fsp3) is 0.571. The number of fused-ring (bicyclic) bond motifs is 1. The van der Waals surface area contributed by atoms with Crippen LogP contribution in [0.4, 0.5) is 18.9 Å². The van der Waals surface area contributed by atoms with Crippen LogP contribution in [0.3, 0.4) is 0 Å². The number of halogens is 3. The van der Waals surface area contributed by atoms with E-state index in [0.29, 0.717) is 24.6 Å². The van der Waals surface area contributed by atoms with Gasteiger partial charge in [-0.2, -0.15) is 13.2 Å². The molecule has 0 saturated carbocycles. The van der Waals surface area contributed by atoms with Crippen LogP contribution < -0.4 is 10.2 Å². The van der Waals surface area contributed by atoms with E-state index in [1.165, 1.54) is 0 Å². The molecule has 0 bridgehead atoms. The van der Waals surface area contributed by atoms with Gasteiger partial charge in [0, 0.05) is 13.1 Å². The van der Waals surface area contributed by atoms with Crippen molar-refractivity contribution in [2.75, 3.05) is 37.6 Å². The largest absolute Gasteiger partial charge is 0.490 e. The van der Waals surface area contributed by atoms with Gasteiger partial charge in [-0.25, -0.2) is 4.79 Å². The number of carbonyl (C=O) groups is 3. The molecule has 2 heterocycles. The molecule has 2 aliphatic heterocycles. The quantitative estimate of drug-likeness (QED) is 0.731. The highest BCUT2D eigenvalue weighted by atomic mass is 19.4. The molecule has 0 unspecified atom stereocenters. The van der Waals surface area contributed by atoms with E-state index >= 15 is 0 Å². The molecule has 0 aromatic heterocycles. The number of amides is 2. The second-order valence-corrected chi connectivity index (χ2v) is 7.60. The summed E-state index contributed by atoms with van der Waals surface area (Å²) < 4.78 is 31.7. The van der Waals surface area contributed by atoms with Crippen LogP contribution in [0, 0.1) is 5.92 Å². The average Bonchev–Trinajstić information content (AvgIpc) is 2.82. The van der Waals surface area contributed by atoms with Gasteiger partial charge in [0.25, 0.3) is 5.91 Å². The van der Waals surface area contributed by atoms with E-state index in [1.807, 2.05) is 24.3 Å². The predicted octanol–water partition coefficient (Wildman–Crippen LogP) is 2.91. The number of carboxylic acids is 1. The van der Waals surface area contributed by atoms with Crippen LogP contribution in [0.2, 0.25) is 0 Å². The van der Waals surface area contributed by atoms with Crippen LogP contribution in [-0.4, -0.2) is 66.7 Å². The van der Waals surface area contributed by atoms with Crippen molar-refractivity contribution in [2.24, 2.45) is 5.92 Å². The lowest BCUT2D eigenvalue weighted by molar-refractivity contribution is -0.192. The van der Waals surface area contributed by atoms with Crippen LogP contribution >= 0.6 is 0 Å². The predicted molar refractivity (Wildman–Crippen MR) is 109 cm³/mol. The third-order valence-corrected chi connectivity index (χ3v) is 5.25. The molecule has 1 saturated heterocycles. The third kappa shape index (κ3) is 6.95. The Kier molecular flexibility index (Phi) is 8.85. The lowest BCUT2D eigenvalue weighted by atomic mass is 9.97. The Balaban J connectivity index is 0.000000423. The third-order valence-electron chi connectivity index (χ3n) is 5.25. The first-order valence-electron chi connectivity index (χ1n) is 10.3. The van der Waals surface area contributed by atoms with Crippen molar-refractivity contribution in [3.8, 4) is 0 Å². The molecule has 2 N–H and O–H groups in total. The Labute approximate surface area is 179 Å². The maximum atomic E-state index is 13.0. The Hall–Kier alpha value is -2.62. The summed E-state index contributed by atoms with van der Waals surface area (Å²) in [6.45, 7) is 5.67. The number of nitrogens with zero attached hydrogens (tertiary/aromatic N) is 2. The summed E-state index contributed by atoms with van der Waals surface area (Å²) in [5.41, 5.74) is 1.43. The van der Waals surface area contributed by atoms with Crippen molar-refractivity contribution < 1.29 is 32.7 Å². The Morgan fingerprint density at radius 1 is 1.19 bits per heavy atom. The maximum Gasteiger partial charge on any atom is 0.490 e. The molecule has 1 aromatic carbocycles. The van der Waals surface area contributed by atoms with Crippen LogP contribution in [0.15, 0.2) is 24.3 Å². The van der Waals surface area contributed by atoms with Gasteiger partial charge in [-0.1, -0.05) is 25.5 Å². The summed E-state index contributed by atoms with van der Waals surface area (Å²) in [6, 6.07) is 7.54. The Morgan fingerprint density at radius 3 is 2.39 bits per heavy atom. The first-order valence-corrected chi connectivity index (χ1v) is 10.3. The molecule has 31 heavy (non-hydrogen) atoms. The van der Waals surface area contributed by atoms with Crippen molar-refractivity contribution in [2.45, 2.75) is 38.8 Å². The second kappa shape index (κ2) is 11.1. The molecule has 0 atom stereocenters. The number of nitrogens with one attached hydrogen (secondary N) is 1. The molecular weight excluding hydrogens is 415 g/mol. The molecule has 0 radical (unpaired) electrons. The summed E-state index contributed by atoms with van der Waals surface area (Å²) >= 11 is 0. The van der Waals surface area contributed by atoms with Crippen molar-refractivity contribution in [3.05, 3.63) is 29.8 Å². The van der Waals surface area contributed by atoms with Crippen molar-refractivity contribution in [1.82, 2.24) is 10.2 Å². The van der Waals surface area contributed by atoms with E-state index in [-0.39, 0.29) is 18.4 Å². The van der Waals surface area contributed by atoms with Gasteiger partial charge in [-0.05, 0) is 50.4 Å². The number of carboxylic acid groups (broad SMARTS) is 1. The highest BCUT2D eigenvalue weighted by Crippen LogP contribution is 2.27. The first kappa shape index (κ1) is 24.6. The van der Waals surface area contributed by atoms with E-state index in [4.69, 9.17) is 9.90 Å². The zero-order valence-corrected chi connectivity index (χ0v) is 17.5. The second-order valence-electron chi connectivity index (χ2n) is 7.60. The van der Waals surface area contributed by atoms with Gasteiger partial charge in [0.15, 0.2) is 0 Å². The number of hydrogen-bond donors (Lipinski definition) is 2. The molecule has 0 spiro atoms. The molecule has 2 amide bonds. The van der Waals surface area contributed by atoms with E-state index in [0.717, 1.165) is 44.5 Å². The van der Waals surface area contributed by atoms with Crippen molar-refractivity contribution in [1.29, 1.82) is 0 Å². The van der Waals surface area contributed by atoms with E-state index in [1.54, 1.807) is 9.80 Å². The SMILES string of the molecule is CCCCN1C(=O)CN(CC2CCNCC2)C(=O)c2ccccc21.O=C(O)C(F)(F)F. The number of alkyl halides is 3. The molecular formula is C21H28F3N3O4. The van der Waals surface area contributed by atoms with E-state index < -0.39 is 12.1 Å². The number of rotatable bonds is 5. The molecule has 2 aliphatic rings. The molecule has 172 valence electrons. The van der Waals surface area contributed by atoms with E-state index in [2.05, 4.69) is 12.2 Å². The van der Waals surface area contributed by atoms with E-state index in [9.17, 15) is 22.8 Å². The molecule has 3 rings (SSSR count). The number of anilines is 1. The van der Waals surface area contributed by atoms with Gasteiger partial charge in [0.1, 0.15) is 6.54 Å². The van der Waals surface area contributed by atoms with Crippen LogP contribution in [-0.2, 0) is 9.59 Å². The van der Waals surface area contributed by atoms with Gasteiger partial charge in [-0.3, -0.25) is 9.59 Å². The Bertz CT molecular complexity index is 779. The smallest absolute Gasteiger partial charge is 0.475 e. The normalized spacial score (nSPS) is 17.5. The number of aliphatic carboxylic acids is 1. The zero-order valence-electron chi connectivity index (χ0n) is 17.5. The monoisotopic (exact) mass is 443 g/mol. The maximum absolute atomic E-state index is 13.0. The summed E-state index contributed by atoms with van der Waals surface area (Å²) in [6.07, 6.45) is -0.973. The summed E-state index contributed by atoms with van der Waals surface area (Å²) in [4.78, 5) is 38.3. The van der Waals surface area contributed by atoms with Gasteiger partial charge in [-0.15, -0.1) is 0 Å². The number of benzene rings is 1. The van der Waals surface area contributed by atoms with Crippen molar-refractivity contribution in [3.63, 3.8) is 0 Å². The number of piperidine rings is 1. The van der Waals surface area contributed by atoms with Gasteiger partial charge < -0.3 is 20.2 Å². The standard InChI is InChI=1S/C19H27N3O2.C2HF3O2/c1-2-3-12-22-17-7-5-4-6-16(17)19(24)21(14-18(22)23)13-15-8-10-20-11-9-15;3-2(4,5)1(6)7/h4-7,15,20H,2-3,8-14H2,1H3;(H,6,7). The van der Waals surface area contributed by atoms with Gasteiger partial charge in [0.05, 0.1) is 11.3 Å². The lowest BCUT2D eigenvalue weighted by Crippen LogP contribution is -2.43. The van der Waals surface area contributed by atoms with Gasteiger partial charge in [0.2, 0.25) is 5.91 Å². The topological polar surface area (TPSA) is 90.0 Å². The summed E-state index contributed by atoms with van der Waals surface area (Å²) in [5, 5.41) is 10.5. The first-order chi connectivity index (χ1) is 14.6. The highest BCUT2D eigenvalue weighted by molar-refractivity contribution is 6.09. The van der Waals surface area contributed by atoms with Crippen LogP contribution in [0.1, 0.15) is 43.0 Å². The van der Waals surface area contributed by atoms with Crippen molar-refractivity contribution >= 4 is 23.5 Å². The molecule has 1 aromatic rings. The number of carbonyl (C=O) groups excluding carboxylic acids is 2.